The van der Waals surface area contributed by atoms with Crippen LogP contribution in [-0.2, 0) is 13.0 Å². The first-order chi connectivity index (χ1) is 13.5. The van der Waals surface area contributed by atoms with Gasteiger partial charge in [0.05, 0.1) is 5.69 Å². The lowest BCUT2D eigenvalue weighted by Crippen LogP contribution is -2.43. The zero-order valence-electron chi connectivity index (χ0n) is 16.6. The van der Waals surface area contributed by atoms with Gasteiger partial charge >= 0.3 is 0 Å². The minimum atomic E-state index is -0.169. The van der Waals surface area contributed by atoms with Gasteiger partial charge < -0.3 is 5.32 Å². The van der Waals surface area contributed by atoms with E-state index in [9.17, 15) is 4.79 Å². The van der Waals surface area contributed by atoms with Crippen LogP contribution < -0.4 is 5.32 Å². The molecule has 3 aromatic rings. The van der Waals surface area contributed by atoms with Gasteiger partial charge in [-0.25, -0.2) is 9.50 Å². The summed E-state index contributed by atoms with van der Waals surface area (Å²) in [6, 6.07) is 10.4. The predicted octanol–water partition coefficient (Wildman–Crippen LogP) is 2.42. The Kier molecular flexibility index (Phi) is 5.09. The molecule has 0 fully saturated rings. The molecule has 0 radical (unpaired) electrons. The molecule has 146 valence electrons. The summed E-state index contributed by atoms with van der Waals surface area (Å²) in [4.78, 5) is 23.7. The lowest BCUT2D eigenvalue weighted by atomic mass is 10.00. The van der Waals surface area contributed by atoms with E-state index in [0.29, 0.717) is 11.5 Å². The molecule has 1 aliphatic rings. The molecule has 28 heavy (non-hydrogen) atoms. The van der Waals surface area contributed by atoms with Crippen LogP contribution in [0.25, 0.3) is 5.78 Å². The highest BCUT2D eigenvalue weighted by Gasteiger charge is 2.20. The maximum Gasteiger partial charge on any atom is 0.270 e. The summed E-state index contributed by atoms with van der Waals surface area (Å²) in [6.07, 6.45) is 2.52. The summed E-state index contributed by atoms with van der Waals surface area (Å²) in [5, 5.41) is 7.29. The Labute approximate surface area is 164 Å². The lowest BCUT2D eigenvalue weighted by Gasteiger charge is -2.31. The van der Waals surface area contributed by atoms with Crippen molar-refractivity contribution < 1.29 is 4.79 Å². The lowest BCUT2D eigenvalue weighted by molar-refractivity contribution is 0.0922. The summed E-state index contributed by atoms with van der Waals surface area (Å²) in [7, 11) is 0. The molecule has 0 aliphatic carbocycles. The van der Waals surface area contributed by atoms with Crippen LogP contribution in [0.2, 0.25) is 0 Å². The van der Waals surface area contributed by atoms with Crippen LogP contribution in [0.5, 0.6) is 0 Å². The highest BCUT2D eigenvalue weighted by Crippen LogP contribution is 2.19. The van der Waals surface area contributed by atoms with Crippen molar-refractivity contribution in [2.24, 2.45) is 0 Å². The largest absolute Gasteiger partial charge is 0.347 e. The fraction of sp³-hybridized carbons (Fsp3) is 0.429. The van der Waals surface area contributed by atoms with Crippen molar-refractivity contribution >= 4 is 11.7 Å². The zero-order valence-corrected chi connectivity index (χ0v) is 16.6. The first-order valence-corrected chi connectivity index (χ1v) is 9.82. The van der Waals surface area contributed by atoms with Crippen molar-refractivity contribution in [3.05, 3.63) is 59.2 Å². The summed E-state index contributed by atoms with van der Waals surface area (Å²) < 4.78 is 1.69. The molecule has 0 saturated carbocycles. The van der Waals surface area contributed by atoms with Gasteiger partial charge in [-0.3, -0.25) is 9.69 Å². The number of carbonyl (C=O) groups excluding carboxylic acids is 1. The van der Waals surface area contributed by atoms with Gasteiger partial charge in [0.25, 0.3) is 11.7 Å². The van der Waals surface area contributed by atoms with E-state index in [1.165, 1.54) is 17.5 Å². The van der Waals surface area contributed by atoms with E-state index in [1.807, 2.05) is 13.0 Å². The topological polar surface area (TPSA) is 75.4 Å². The average Bonchev–Trinajstić information content (AvgIpc) is 3.15. The number of aromatic nitrogens is 4. The third-order valence-corrected chi connectivity index (χ3v) is 5.22. The molecule has 1 aromatic carbocycles. The zero-order chi connectivity index (χ0) is 19.7. The van der Waals surface area contributed by atoms with E-state index in [2.05, 4.69) is 63.4 Å². The van der Waals surface area contributed by atoms with E-state index in [4.69, 9.17) is 0 Å². The van der Waals surface area contributed by atoms with Gasteiger partial charge in [0.1, 0.15) is 12.0 Å². The Hall–Kier alpha value is -2.80. The molecule has 0 unspecified atom stereocenters. The molecule has 1 aliphatic heterocycles. The van der Waals surface area contributed by atoms with Crippen molar-refractivity contribution in [3.8, 4) is 0 Å². The number of benzene rings is 1. The number of hydrogen-bond donors (Lipinski definition) is 1. The highest BCUT2D eigenvalue weighted by atomic mass is 16.1. The van der Waals surface area contributed by atoms with E-state index < -0.39 is 0 Å². The SMILES string of the molecule is CC(C)c1cc(C(=O)N[C@H](C)CN2CCc3ccccc3C2)nc2ncnn12. The Morgan fingerprint density at radius 2 is 2.00 bits per heavy atom. The van der Waals surface area contributed by atoms with Gasteiger partial charge in [-0.2, -0.15) is 10.1 Å². The Morgan fingerprint density at radius 3 is 2.79 bits per heavy atom. The second kappa shape index (κ2) is 7.67. The molecule has 2 aromatic heterocycles. The van der Waals surface area contributed by atoms with Gasteiger partial charge in [-0.05, 0) is 36.5 Å². The van der Waals surface area contributed by atoms with Gasteiger partial charge in [0.15, 0.2) is 0 Å². The number of hydrogen-bond acceptors (Lipinski definition) is 5. The Bertz CT molecular complexity index is 995. The van der Waals surface area contributed by atoms with Crippen molar-refractivity contribution in [2.45, 2.75) is 45.7 Å². The summed E-state index contributed by atoms with van der Waals surface area (Å²) in [6.45, 7) is 8.92. The Balaban J connectivity index is 1.43. The van der Waals surface area contributed by atoms with Crippen LogP contribution in [0.1, 0.15) is 54.0 Å². The number of amides is 1. The van der Waals surface area contributed by atoms with E-state index >= 15 is 0 Å². The van der Waals surface area contributed by atoms with Gasteiger partial charge in [-0.1, -0.05) is 38.1 Å². The average molecular weight is 378 g/mol. The number of carbonyl (C=O) groups is 1. The van der Waals surface area contributed by atoms with Gasteiger partial charge in [-0.15, -0.1) is 0 Å². The standard InChI is InChI=1S/C21H26N6O/c1-14(2)19-10-18(25-21-22-13-23-27(19)21)20(28)24-15(3)11-26-9-8-16-6-4-5-7-17(16)12-26/h4-7,10,13-15H,8-9,11-12H2,1-3H3,(H,24,28)/t15-/m1/s1. The van der Waals surface area contributed by atoms with Crippen LogP contribution >= 0.6 is 0 Å². The summed E-state index contributed by atoms with van der Waals surface area (Å²) in [5.74, 6) is 0.499. The maximum atomic E-state index is 12.8. The quantitative estimate of drug-likeness (QED) is 0.738. The first kappa shape index (κ1) is 18.6. The van der Waals surface area contributed by atoms with Crippen molar-refractivity contribution in [1.29, 1.82) is 0 Å². The predicted molar refractivity (Wildman–Crippen MR) is 107 cm³/mol. The van der Waals surface area contributed by atoms with E-state index in [1.54, 1.807) is 4.52 Å². The molecule has 4 rings (SSSR count). The molecule has 3 heterocycles. The number of nitrogens with zero attached hydrogens (tertiary/aromatic N) is 5. The second-order valence-corrected chi connectivity index (χ2v) is 7.82. The van der Waals surface area contributed by atoms with E-state index in [0.717, 1.165) is 31.7 Å². The normalized spacial score (nSPS) is 15.6. The molecule has 0 saturated heterocycles. The molecule has 0 bridgehead atoms. The summed E-state index contributed by atoms with van der Waals surface area (Å²) >= 11 is 0. The summed E-state index contributed by atoms with van der Waals surface area (Å²) in [5.41, 5.74) is 4.13. The van der Waals surface area contributed by atoms with Crippen molar-refractivity contribution in [1.82, 2.24) is 29.8 Å². The van der Waals surface area contributed by atoms with Crippen LogP contribution in [0.3, 0.4) is 0 Å². The van der Waals surface area contributed by atoms with E-state index in [-0.39, 0.29) is 17.9 Å². The van der Waals surface area contributed by atoms with Crippen molar-refractivity contribution in [3.63, 3.8) is 0 Å². The third-order valence-electron chi connectivity index (χ3n) is 5.22. The van der Waals surface area contributed by atoms with Crippen LogP contribution in [0, 0.1) is 0 Å². The molecular formula is C21H26N6O. The Morgan fingerprint density at radius 1 is 1.21 bits per heavy atom. The van der Waals surface area contributed by atoms with Crippen LogP contribution in [-0.4, -0.2) is 49.5 Å². The van der Waals surface area contributed by atoms with Crippen LogP contribution in [0.15, 0.2) is 36.7 Å². The number of nitrogens with one attached hydrogen (secondary N) is 1. The minimum Gasteiger partial charge on any atom is -0.347 e. The fourth-order valence-electron chi connectivity index (χ4n) is 3.80. The van der Waals surface area contributed by atoms with Gasteiger partial charge in [0, 0.05) is 25.7 Å². The first-order valence-electron chi connectivity index (χ1n) is 9.82. The van der Waals surface area contributed by atoms with Crippen LogP contribution in [0.4, 0.5) is 0 Å². The molecule has 1 atom stereocenters. The number of rotatable bonds is 5. The molecule has 0 spiro atoms. The molecule has 1 N–H and O–H groups in total. The smallest absolute Gasteiger partial charge is 0.270 e. The molecule has 7 nitrogen and oxygen atoms in total. The molecule has 7 heteroatoms. The highest BCUT2D eigenvalue weighted by molar-refractivity contribution is 5.93. The minimum absolute atomic E-state index is 0.0242. The third kappa shape index (κ3) is 3.75. The second-order valence-electron chi connectivity index (χ2n) is 7.82. The van der Waals surface area contributed by atoms with Crippen molar-refractivity contribution in [2.75, 3.05) is 13.1 Å². The molecule has 1 amide bonds. The molecular weight excluding hydrogens is 352 g/mol. The number of fused-ring (bicyclic) bond motifs is 2. The fourth-order valence-corrected chi connectivity index (χ4v) is 3.80. The maximum absolute atomic E-state index is 12.8. The monoisotopic (exact) mass is 378 g/mol. The van der Waals surface area contributed by atoms with Gasteiger partial charge in [0.2, 0.25) is 0 Å².